The quantitative estimate of drug-likeness (QED) is 0.401. The molecule has 0 aliphatic rings. The Balaban J connectivity index is 1.52. The molecule has 0 bridgehead atoms. The number of nitrogens with zero attached hydrogens (tertiary/aromatic N) is 1. The number of thiocarbonyl (C=S) groups is 1. The highest BCUT2D eigenvalue weighted by Crippen LogP contribution is 2.30. The number of carbonyl (C=O) groups excluding carboxylic acids is 1. The zero-order valence-electron chi connectivity index (χ0n) is 17.7. The van der Waals surface area contributed by atoms with Crippen LogP contribution in [0.5, 0.6) is 0 Å². The average Bonchev–Trinajstić information content (AvgIpc) is 3.18. The van der Waals surface area contributed by atoms with Gasteiger partial charge in [0.2, 0.25) is 5.89 Å². The van der Waals surface area contributed by atoms with E-state index >= 15 is 0 Å². The van der Waals surface area contributed by atoms with Crippen LogP contribution in [0.3, 0.4) is 0 Å². The topological polar surface area (TPSA) is 67.2 Å². The van der Waals surface area contributed by atoms with E-state index in [1.54, 1.807) is 12.1 Å². The lowest BCUT2D eigenvalue weighted by Crippen LogP contribution is -2.34. The van der Waals surface area contributed by atoms with E-state index in [9.17, 15) is 4.79 Å². The fraction of sp³-hybridized carbons (Fsp3) is 0.160. The summed E-state index contributed by atoms with van der Waals surface area (Å²) >= 11 is 5.37. The fourth-order valence-corrected chi connectivity index (χ4v) is 3.58. The van der Waals surface area contributed by atoms with Crippen molar-refractivity contribution in [2.75, 3.05) is 5.32 Å². The van der Waals surface area contributed by atoms with Crippen LogP contribution in [0.15, 0.2) is 65.1 Å². The monoisotopic (exact) mass is 429 g/mol. The van der Waals surface area contributed by atoms with Gasteiger partial charge in [-0.15, -0.1) is 0 Å². The molecular formula is C25H23N3O2S. The number of rotatable bonds is 4. The maximum absolute atomic E-state index is 12.5. The molecule has 0 radical (unpaired) electrons. The second kappa shape index (κ2) is 8.70. The van der Waals surface area contributed by atoms with Crippen LogP contribution < -0.4 is 10.6 Å². The van der Waals surface area contributed by atoms with E-state index < -0.39 is 0 Å². The van der Waals surface area contributed by atoms with Crippen molar-refractivity contribution in [3.8, 4) is 11.5 Å². The highest BCUT2D eigenvalue weighted by atomic mass is 32.1. The van der Waals surface area contributed by atoms with Crippen molar-refractivity contribution < 1.29 is 9.21 Å². The van der Waals surface area contributed by atoms with Crippen molar-refractivity contribution in [2.24, 2.45) is 0 Å². The number of aromatic nitrogens is 1. The van der Waals surface area contributed by atoms with Crippen LogP contribution in [0.1, 0.15) is 34.0 Å². The normalized spacial score (nSPS) is 10.8. The Labute approximate surface area is 186 Å². The molecule has 1 heterocycles. The summed E-state index contributed by atoms with van der Waals surface area (Å²) in [7, 11) is 0. The first-order valence-electron chi connectivity index (χ1n) is 10.1. The lowest BCUT2D eigenvalue weighted by Gasteiger charge is -2.13. The Morgan fingerprint density at radius 2 is 1.84 bits per heavy atom. The highest BCUT2D eigenvalue weighted by Gasteiger charge is 2.14. The summed E-state index contributed by atoms with van der Waals surface area (Å²) in [5, 5.41) is 6.09. The van der Waals surface area contributed by atoms with Crippen molar-refractivity contribution in [2.45, 2.75) is 27.2 Å². The largest absolute Gasteiger partial charge is 0.436 e. The zero-order chi connectivity index (χ0) is 22.0. The van der Waals surface area contributed by atoms with Gasteiger partial charge in [-0.1, -0.05) is 31.2 Å². The first-order valence-corrected chi connectivity index (χ1v) is 10.5. The molecule has 4 rings (SSSR count). The maximum atomic E-state index is 12.5. The molecule has 1 aromatic heterocycles. The number of oxazole rings is 1. The first-order chi connectivity index (χ1) is 14.9. The fourth-order valence-electron chi connectivity index (χ4n) is 3.38. The summed E-state index contributed by atoms with van der Waals surface area (Å²) in [5.74, 6) is 0.302. The van der Waals surface area contributed by atoms with E-state index in [0.29, 0.717) is 11.5 Å². The van der Waals surface area contributed by atoms with E-state index in [2.05, 4.69) is 22.5 Å². The summed E-state index contributed by atoms with van der Waals surface area (Å²) in [4.78, 5) is 17.1. The van der Waals surface area contributed by atoms with Gasteiger partial charge in [0.15, 0.2) is 10.7 Å². The zero-order valence-corrected chi connectivity index (χ0v) is 18.5. The molecule has 0 aliphatic carbocycles. The SMILES string of the molecule is CCc1ccc(C(=O)NC(=S)Nc2cccc(-c3nc4cc(C)ccc4o3)c2C)cc1. The van der Waals surface area contributed by atoms with Gasteiger partial charge in [-0.25, -0.2) is 4.98 Å². The van der Waals surface area contributed by atoms with Gasteiger partial charge < -0.3 is 9.73 Å². The summed E-state index contributed by atoms with van der Waals surface area (Å²) in [6, 6.07) is 19.2. The molecule has 0 unspecified atom stereocenters. The van der Waals surface area contributed by atoms with Crippen molar-refractivity contribution >= 4 is 40.0 Å². The van der Waals surface area contributed by atoms with Crippen LogP contribution in [-0.4, -0.2) is 16.0 Å². The Hall–Kier alpha value is -3.51. The molecule has 1 amide bonds. The van der Waals surface area contributed by atoms with Gasteiger partial charge in [0.05, 0.1) is 0 Å². The van der Waals surface area contributed by atoms with Crippen LogP contribution in [-0.2, 0) is 6.42 Å². The molecule has 0 saturated heterocycles. The summed E-state index contributed by atoms with van der Waals surface area (Å²) in [6.07, 6.45) is 0.928. The van der Waals surface area contributed by atoms with Crippen LogP contribution in [0.2, 0.25) is 0 Å². The number of anilines is 1. The van der Waals surface area contributed by atoms with Crippen molar-refractivity contribution in [1.29, 1.82) is 0 Å². The lowest BCUT2D eigenvalue weighted by molar-refractivity contribution is 0.0977. The molecule has 0 atom stereocenters. The molecule has 5 nitrogen and oxygen atoms in total. The lowest BCUT2D eigenvalue weighted by atomic mass is 10.1. The number of fused-ring (bicyclic) bond motifs is 1. The van der Waals surface area contributed by atoms with Gasteiger partial charge in [0, 0.05) is 16.8 Å². The standard InChI is InChI=1S/C25H23N3O2S/c1-4-17-9-11-18(12-10-17)23(29)28-25(31)27-20-7-5-6-19(16(20)3)24-26-21-14-15(2)8-13-22(21)30-24/h5-14H,4H2,1-3H3,(H2,27,28,29,31). The van der Waals surface area contributed by atoms with Crippen LogP contribution in [0, 0.1) is 13.8 Å². The molecule has 0 fully saturated rings. The number of benzene rings is 3. The molecule has 6 heteroatoms. The van der Waals surface area contributed by atoms with Gasteiger partial charge >= 0.3 is 0 Å². The molecule has 3 aromatic carbocycles. The second-order valence-corrected chi connectivity index (χ2v) is 7.84. The minimum absolute atomic E-state index is 0.234. The average molecular weight is 430 g/mol. The molecule has 156 valence electrons. The Morgan fingerprint density at radius 3 is 2.58 bits per heavy atom. The number of amides is 1. The molecular weight excluding hydrogens is 406 g/mol. The second-order valence-electron chi connectivity index (χ2n) is 7.43. The minimum atomic E-state index is -0.247. The number of aryl methyl sites for hydroxylation is 2. The third kappa shape index (κ3) is 4.49. The third-order valence-electron chi connectivity index (χ3n) is 5.21. The van der Waals surface area contributed by atoms with E-state index in [-0.39, 0.29) is 11.0 Å². The Kier molecular flexibility index (Phi) is 5.82. The van der Waals surface area contributed by atoms with Crippen molar-refractivity contribution in [1.82, 2.24) is 10.3 Å². The number of hydrogen-bond acceptors (Lipinski definition) is 4. The third-order valence-corrected chi connectivity index (χ3v) is 5.41. The smallest absolute Gasteiger partial charge is 0.257 e. The molecule has 0 spiro atoms. The van der Waals surface area contributed by atoms with Gasteiger partial charge in [-0.05, 0) is 85.6 Å². The minimum Gasteiger partial charge on any atom is -0.436 e. The van der Waals surface area contributed by atoms with Crippen molar-refractivity contribution in [3.05, 3.63) is 82.9 Å². The summed E-state index contributed by atoms with van der Waals surface area (Å²) in [6.45, 7) is 6.06. The molecule has 0 aliphatic heterocycles. The first kappa shape index (κ1) is 20.8. The predicted octanol–water partition coefficient (Wildman–Crippen LogP) is 5.80. The van der Waals surface area contributed by atoms with Crippen LogP contribution in [0.25, 0.3) is 22.6 Å². The Morgan fingerprint density at radius 1 is 1.06 bits per heavy atom. The van der Waals surface area contributed by atoms with Gasteiger partial charge in [0.1, 0.15) is 5.52 Å². The molecule has 31 heavy (non-hydrogen) atoms. The number of nitrogens with one attached hydrogen (secondary N) is 2. The summed E-state index contributed by atoms with van der Waals surface area (Å²) < 4.78 is 5.95. The van der Waals surface area contributed by atoms with E-state index in [4.69, 9.17) is 16.6 Å². The summed E-state index contributed by atoms with van der Waals surface area (Å²) in [5.41, 5.74) is 7.01. The van der Waals surface area contributed by atoms with Gasteiger partial charge in [0.25, 0.3) is 5.91 Å². The van der Waals surface area contributed by atoms with E-state index in [1.807, 2.05) is 62.4 Å². The highest BCUT2D eigenvalue weighted by molar-refractivity contribution is 7.80. The number of hydrogen-bond donors (Lipinski definition) is 2. The molecule has 4 aromatic rings. The maximum Gasteiger partial charge on any atom is 0.257 e. The van der Waals surface area contributed by atoms with E-state index in [1.165, 1.54) is 5.56 Å². The van der Waals surface area contributed by atoms with Crippen LogP contribution >= 0.6 is 12.2 Å². The van der Waals surface area contributed by atoms with Crippen LogP contribution in [0.4, 0.5) is 5.69 Å². The molecule has 2 N–H and O–H groups in total. The van der Waals surface area contributed by atoms with Crippen molar-refractivity contribution in [3.63, 3.8) is 0 Å². The predicted molar refractivity (Wildman–Crippen MR) is 128 cm³/mol. The Bertz CT molecular complexity index is 1280. The van der Waals surface area contributed by atoms with Gasteiger partial charge in [-0.3, -0.25) is 10.1 Å². The van der Waals surface area contributed by atoms with Gasteiger partial charge in [-0.2, -0.15) is 0 Å². The number of carbonyl (C=O) groups is 1. The van der Waals surface area contributed by atoms with E-state index in [0.717, 1.165) is 39.9 Å². The molecule has 0 saturated carbocycles.